The highest BCUT2D eigenvalue weighted by Gasteiger charge is 2.45. The molecule has 0 aliphatic heterocycles. The van der Waals surface area contributed by atoms with Gasteiger partial charge in [-0.1, -0.05) is 48.0 Å². The number of aliphatic hydroxyl groups is 3. The smallest absolute Gasteiger partial charge is 0.0697 e. The Morgan fingerprint density at radius 2 is 1.14 bits per heavy atom. The molecule has 8 atom stereocenters. The third-order valence-electron chi connectivity index (χ3n) is 6.68. The van der Waals surface area contributed by atoms with Crippen molar-refractivity contribution in [3.05, 3.63) is 0 Å². The summed E-state index contributed by atoms with van der Waals surface area (Å²) < 4.78 is 0. The van der Waals surface area contributed by atoms with Crippen LogP contribution in [-0.4, -0.2) is 32.6 Å². The summed E-state index contributed by atoms with van der Waals surface area (Å²) in [6.07, 6.45) is 0.374. The zero-order valence-corrected chi connectivity index (χ0v) is 15.5. The summed E-state index contributed by atoms with van der Waals surface area (Å²) in [5, 5.41) is 31.5. The third-order valence-corrected chi connectivity index (χ3v) is 6.68. The van der Waals surface area contributed by atoms with Gasteiger partial charge in [-0.05, 0) is 44.4 Å². The summed E-state index contributed by atoms with van der Waals surface area (Å²) in [6.45, 7) is 17.6. The van der Waals surface area contributed by atoms with Gasteiger partial charge in [-0.25, -0.2) is 0 Å². The second-order valence-corrected chi connectivity index (χ2v) is 7.73. The van der Waals surface area contributed by atoms with Gasteiger partial charge in [0.25, 0.3) is 0 Å². The molecule has 0 saturated carbocycles. The average Bonchev–Trinajstić information content (AvgIpc) is 2.42. The fourth-order valence-corrected chi connectivity index (χ4v) is 3.26. The Balaban J connectivity index is 5.20. The standard InChI is InChI=1S/C18H38O3/c1-10-11(2)17(8,20)13(4)12(3)14(5)18(9,21)15(6)16(7)19/h11-16,19-21H,10H2,1-9H3. The molecule has 0 spiro atoms. The lowest BCUT2D eigenvalue weighted by atomic mass is 9.64. The van der Waals surface area contributed by atoms with E-state index in [9.17, 15) is 15.3 Å². The van der Waals surface area contributed by atoms with Crippen LogP contribution >= 0.6 is 0 Å². The summed E-state index contributed by atoms with van der Waals surface area (Å²) in [4.78, 5) is 0. The number of hydrogen-bond acceptors (Lipinski definition) is 3. The largest absolute Gasteiger partial charge is 0.393 e. The highest BCUT2D eigenvalue weighted by atomic mass is 16.3. The highest BCUT2D eigenvalue weighted by molar-refractivity contribution is 4.95. The van der Waals surface area contributed by atoms with Crippen LogP contribution in [0.4, 0.5) is 0 Å². The molecular weight excluding hydrogens is 264 g/mol. The molecule has 0 bridgehead atoms. The van der Waals surface area contributed by atoms with Gasteiger partial charge in [-0.15, -0.1) is 0 Å². The summed E-state index contributed by atoms with van der Waals surface area (Å²) in [7, 11) is 0. The lowest BCUT2D eigenvalue weighted by Gasteiger charge is -2.46. The van der Waals surface area contributed by atoms with Crippen molar-refractivity contribution in [3.8, 4) is 0 Å². The van der Waals surface area contributed by atoms with Crippen molar-refractivity contribution in [1.29, 1.82) is 0 Å². The van der Waals surface area contributed by atoms with Gasteiger partial charge < -0.3 is 15.3 Å². The van der Waals surface area contributed by atoms with E-state index < -0.39 is 17.3 Å². The molecule has 3 nitrogen and oxygen atoms in total. The van der Waals surface area contributed by atoms with Crippen molar-refractivity contribution in [1.82, 2.24) is 0 Å². The van der Waals surface area contributed by atoms with Crippen LogP contribution < -0.4 is 0 Å². The van der Waals surface area contributed by atoms with Crippen molar-refractivity contribution in [2.24, 2.45) is 29.6 Å². The zero-order valence-electron chi connectivity index (χ0n) is 15.5. The van der Waals surface area contributed by atoms with Crippen LogP contribution in [0.5, 0.6) is 0 Å². The van der Waals surface area contributed by atoms with Gasteiger partial charge in [-0.2, -0.15) is 0 Å². The average molecular weight is 302 g/mol. The summed E-state index contributed by atoms with van der Waals surface area (Å²) in [6, 6.07) is 0. The Bertz CT molecular complexity index is 310. The fraction of sp³-hybridized carbons (Fsp3) is 1.00. The maximum atomic E-state index is 10.9. The number of hydrogen-bond donors (Lipinski definition) is 3. The molecule has 128 valence electrons. The summed E-state index contributed by atoms with van der Waals surface area (Å²) in [5.74, 6) is 0.185. The van der Waals surface area contributed by atoms with E-state index in [1.807, 2.05) is 20.8 Å². The van der Waals surface area contributed by atoms with Crippen LogP contribution in [-0.2, 0) is 0 Å². The number of rotatable bonds is 8. The quantitative estimate of drug-likeness (QED) is 0.643. The van der Waals surface area contributed by atoms with E-state index in [0.717, 1.165) is 6.42 Å². The monoisotopic (exact) mass is 302 g/mol. The van der Waals surface area contributed by atoms with Crippen LogP contribution in [0.25, 0.3) is 0 Å². The van der Waals surface area contributed by atoms with E-state index in [1.54, 1.807) is 13.8 Å². The maximum absolute atomic E-state index is 10.9. The molecular formula is C18H38O3. The molecule has 0 rings (SSSR count). The molecule has 3 heteroatoms. The predicted molar refractivity (Wildman–Crippen MR) is 89.0 cm³/mol. The molecule has 3 N–H and O–H groups in total. The van der Waals surface area contributed by atoms with E-state index in [4.69, 9.17) is 0 Å². The van der Waals surface area contributed by atoms with Crippen LogP contribution in [0, 0.1) is 29.6 Å². The minimum absolute atomic E-state index is 0.0207. The van der Waals surface area contributed by atoms with Crippen LogP contribution in [0.1, 0.15) is 68.7 Å². The first-order valence-corrected chi connectivity index (χ1v) is 8.44. The van der Waals surface area contributed by atoms with Crippen LogP contribution in [0.2, 0.25) is 0 Å². The van der Waals surface area contributed by atoms with E-state index in [1.165, 1.54) is 0 Å². The molecule has 0 aliphatic carbocycles. The van der Waals surface area contributed by atoms with Gasteiger partial charge in [0.15, 0.2) is 0 Å². The highest BCUT2D eigenvalue weighted by Crippen LogP contribution is 2.41. The van der Waals surface area contributed by atoms with Gasteiger partial charge in [0, 0.05) is 5.92 Å². The van der Waals surface area contributed by atoms with Gasteiger partial charge in [0.1, 0.15) is 0 Å². The molecule has 0 amide bonds. The van der Waals surface area contributed by atoms with Crippen molar-refractivity contribution in [2.75, 3.05) is 0 Å². The van der Waals surface area contributed by atoms with Gasteiger partial charge in [0.05, 0.1) is 17.3 Å². The predicted octanol–water partition coefficient (Wildman–Crippen LogP) is 3.46. The second kappa shape index (κ2) is 7.43. The van der Waals surface area contributed by atoms with Crippen molar-refractivity contribution in [3.63, 3.8) is 0 Å². The lowest BCUT2D eigenvalue weighted by molar-refractivity contribution is -0.125. The molecule has 0 aromatic rings. The molecule has 0 saturated heterocycles. The maximum Gasteiger partial charge on any atom is 0.0697 e. The van der Waals surface area contributed by atoms with Crippen molar-refractivity contribution < 1.29 is 15.3 Å². The topological polar surface area (TPSA) is 60.7 Å². The van der Waals surface area contributed by atoms with E-state index in [-0.39, 0.29) is 29.6 Å². The van der Waals surface area contributed by atoms with Crippen molar-refractivity contribution >= 4 is 0 Å². The van der Waals surface area contributed by atoms with Gasteiger partial charge in [-0.3, -0.25) is 0 Å². The summed E-state index contributed by atoms with van der Waals surface area (Å²) in [5.41, 5.74) is -1.72. The Morgan fingerprint density at radius 3 is 1.48 bits per heavy atom. The Labute approximate surface area is 131 Å². The molecule has 0 fully saturated rings. The SMILES string of the molecule is CCC(C)C(C)(O)C(C)C(C)C(C)C(C)(O)C(C)C(C)O. The molecule has 0 aromatic heterocycles. The minimum atomic E-state index is -0.965. The zero-order chi connectivity index (χ0) is 17.2. The molecule has 0 aromatic carbocycles. The first-order valence-electron chi connectivity index (χ1n) is 8.44. The van der Waals surface area contributed by atoms with Crippen LogP contribution in [0.3, 0.4) is 0 Å². The van der Waals surface area contributed by atoms with Crippen LogP contribution in [0.15, 0.2) is 0 Å². The van der Waals surface area contributed by atoms with E-state index in [0.29, 0.717) is 0 Å². The van der Waals surface area contributed by atoms with E-state index >= 15 is 0 Å². The summed E-state index contributed by atoms with van der Waals surface area (Å²) >= 11 is 0. The molecule has 0 heterocycles. The van der Waals surface area contributed by atoms with Crippen molar-refractivity contribution in [2.45, 2.75) is 86.0 Å². The molecule has 0 radical (unpaired) electrons. The number of aliphatic hydroxyl groups excluding tert-OH is 1. The van der Waals surface area contributed by atoms with Gasteiger partial charge >= 0.3 is 0 Å². The minimum Gasteiger partial charge on any atom is -0.393 e. The third kappa shape index (κ3) is 4.43. The fourth-order valence-electron chi connectivity index (χ4n) is 3.26. The second-order valence-electron chi connectivity index (χ2n) is 7.73. The first-order chi connectivity index (χ1) is 9.31. The molecule has 21 heavy (non-hydrogen) atoms. The Morgan fingerprint density at radius 1 is 0.762 bits per heavy atom. The van der Waals surface area contributed by atoms with E-state index in [2.05, 4.69) is 27.7 Å². The lowest BCUT2D eigenvalue weighted by Crippen LogP contribution is -2.51. The van der Waals surface area contributed by atoms with Gasteiger partial charge in [0.2, 0.25) is 0 Å². The Hall–Kier alpha value is -0.120. The molecule has 0 aliphatic rings. The molecule has 8 unspecified atom stereocenters. The first kappa shape index (κ1) is 20.9. The Kier molecular flexibility index (Phi) is 7.39. The normalized spacial score (nSPS) is 26.9.